The highest BCUT2D eigenvalue weighted by Crippen LogP contribution is 2.30. The molecular formula is C18H22N4O3. The van der Waals surface area contributed by atoms with E-state index in [4.69, 9.17) is 4.52 Å². The Kier molecular flexibility index (Phi) is 4.10. The van der Waals surface area contributed by atoms with Crippen molar-refractivity contribution < 1.29 is 14.1 Å². The summed E-state index contributed by atoms with van der Waals surface area (Å²) in [7, 11) is 0. The molecule has 25 heavy (non-hydrogen) atoms. The van der Waals surface area contributed by atoms with E-state index in [1.54, 1.807) is 6.92 Å². The van der Waals surface area contributed by atoms with Gasteiger partial charge in [0.1, 0.15) is 12.1 Å². The van der Waals surface area contributed by atoms with Crippen LogP contribution in [0.1, 0.15) is 55.1 Å². The lowest BCUT2D eigenvalue weighted by Gasteiger charge is -2.23. The number of nitrogens with zero attached hydrogens (tertiary/aromatic N) is 3. The Morgan fingerprint density at radius 1 is 1.24 bits per heavy atom. The molecule has 132 valence electrons. The molecule has 3 amide bonds. The number of nitrogens with one attached hydrogen (secondary N) is 1. The van der Waals surface area contributed by atoms with Crippen molar-refractivity contribution in [3.8, 4) is 0 Å². The summed E-state index contributed by atoms with van der Waals surface area (Å²) in [6.07, 6.45) is 0. The maximum atomic E-state index is 12.9. The highest BCUT2D eigenvalue weighted by atomic mass is 16.5. The van der Waals surface area contributed by atoms with Crippen LogP contribution in [0, 0.1) is 13.8 Å². The summed E-state index contributed by atoms with van der Waals surface area (Å²) in [6.45, 7) is 9.55. The number of benzene rings is 1. The number of amides is 3. The van der Waals surface area contributed by atoms with Crippen LogP contribution in [0.25, 0.3) is 0 Å². The Morgan fingerprint density at radius 3 is 2.56 bits per heavy atom. The van der Waals surface area contributed by atoms with Gasteiger partial charge in [0.25, 0.3) is 5.91 Å². The van der Waals surface area contributed by atoms with Gasteiger partial charge in [0.05, 0.1) is 0 Å². The molecule has 0 saturated carbocycles. The van der Waals surface area contributed by atoms with Gasteiger partial charge in [0, 0.05) is 5.92 Å². The van der Waals surface area contributed by atoms with E-state index in [1.165, 1.54) is 0 Å². The van der Waals surface area contributed by atoms with Crippen LogP contribution in [-0.2, 0) is 16.9 Å². The Morgan fingerprint density at radius 2 is 1.96 bits per heavy atom. The van der Waals surface area contributed by atoms with Crippen LogP contribution in [0.3, 0.4) is 0 Å². The largest absolute Gasteiger partial charge is 0.337 e. The molecule has 1 saturated heterocycles. The van der Waals surface area contributed by atoms with Gasteiger partial charge in [0.15, 0.2) is 5.82 Å². The van der Waals surface area contributed by atoms with Gasteiger partial charge in [-0.2, -0.15) is 4.98 Å². The molecule has 2 heterocycles. The molecule has 3 rings (SSSR count). The van der Waals surface area contributed by atoms with Gasteiger partial charge in [-0.15, -0.1) is 0 Å². The molecule has 1 N–H and O–H groups in total. The standard InChI is InChI=1S/C18H22N4O3/c1-10(2)15-19-14(25-21-15)9-22-16(23)18(5,20-17(22)24)13-7-6-11(3)12(4)8-13/h6-8,10H,9H2,1-5H3,(H,20,24). The van der Waals surface area contributed by atoms with E-state index in [9.17, 15) is 9.59 Å². The van der Waals surface area contributed by atoms with E-state index in [-0.39, 0.29) is 24.3 Å². The number of carbonyl (C=O) groups is 2. The molecule has 1 aliphatic rings. The van der Waals surface area contributed by atoms with E-state index in [0.717, 1.165) is 21.6 Å². The zero-order valence-corrected chi connectivity index (χ0v) is 15.1. The maximum absolute atomic E-state index is 12.9. The number of urea groups is 1. The van der Waals surface area contributed by atoms with Gasteiger partial charge in [-0.25, -0.2) is 4.79 Å². The quantitative estimate of drug-likeness (QED) is 0.863. The van der Waals surface area contributed by atoms with Crippen molar-refractivity contribution in [2.75, 3.05) is 0 Å². The van der Waals surface area contributed by atoms with Crippen LogP contribution < -0.4 is 5.32 Å². The summed E-state index contributed by atoms with van der Waals surface area (Å²) >= 11 is 0. The molecule has 1 atom stereocenters. The first-order valence-corrected chi connectivity index (χ1v) is 8.26. The second-order valence-corrected chi connectivity index (χ2v) is 6.95. The first kappa shape index (κ1) is 17.1. The molecule has 0 radical (unpaired) electrons. The molecule has 1 aromatic carbocycles. The summed E-state index contributed by atoms with van der Waals surface area (Å²) < 4.78 is 5.16. The van der Waals surface area contributed by atoms with Crippen molar-refractivity contribution in [1.29, 1.82) is 0 Å². The van der Waals surface area contributed by atoms with Gasteiger partial charge in [-0.05, 0) is 37.5 Å². The van der Waals surface area contributed by atoms with E-state index in [1.807, 2.05) is 45.9 Å². The Balaban J connectivity index is 1.87. The van der Waals surface area contributed by atoms with Crippen LogP contribution in [0.15, 0.2) is 22.7 Å². The third-order valence-corrected chi connectivity index (χ3v) is 4.65. The average Bonchev–Trinajstić information content (AvgIpc) is 3.10. The molecule has 7 nitrogen and oxygen atoms in total. The molecule has 7 heteroatoms. The number of hydrogen-bond donors (Lipinski definition) is 1. The van der Waals surface area contributed by atoms with E-state index in [2.05, 4.69) is 15.5 Å². The summed E-state index contributed by atoms with van der Waals surface area (Å²) in [4.78, 5) is 30.7. The third-order valence-electron chi connectivity index (χ3n) is 4.65. The summed E-state index contributed by atoms with van der Waals surface area (Å²) in [5.74, 6) is 0.585. The fourth-order valence-corrected chi connectivity index (χ4v) is 2.79. The molecule has 0 bridgehead atoms. The maximum Gasteiger partial charge on any atom is 0.325 e. The Bertz CT molecular complexity index is 843. The van der Waals surface area contributed by atoms with Crippen molar-refractivity contribution in [3.05, 3.63) is 46.6 Å². The molecule has 1 fully saturated rings. The zero-order valence-electron chi connectivity index (χ0n) is 15.1. The van der Waals surface area contributed by atoms with Crippen LogP contribution >= 0.6 is 0 Å². The molecular weight excluding hydrogens is 320 g/mol. The van der Waals surface area contributed by atoms with Gasteiger partial charge in [-0.1, -0.05) is 37.2 Å². The highest BCUT2D eigenvalue weighted by molar-refractivity contribution is 6.07. The lowest BCUT2D eigenvalue weighted by atomic mass is 9.90. The number of imide groups is 1. The first-order chi connectivity index (χ1) is 11.7. The minimum Gasteiger partial charge on any atom is -0.337 e. The van der Waals surface area contributed by atoms with Gasteiger partial charge >= 0.3 is 6.03 Å². The topological polar surface area (TPSA) is 88.3 Å². The number of aryl methyl sites for hydroxylation is 2. The van der Waals surface area contributed by atoms with Crippen LogP contribution in [0.5, 0.6) is 0 Å². The summed E-state index contributed by atoms with van der Waals surface area (Å²) in [5.41, 5.74) is 1.85. The van der Waals surface area contributed by atoms with E-state index < -0.39 is 11.6 Å². The molecule has 2 aromatic rings. The van der Waals surface area contributed by atoms with Gasteiger partial charge in [0.2, 0.25) is 5.89 Å². The zero-order chi connectivity index (χ0) is 18.4. The smallest absolute Gasteiger partial charge is 0.325 e. The van der Waals surface area contributed by atoms with E-state index in [0.29, 0.717) is 5.82 Å². The molecule has 1 unspecified atom stereocenters. The van der Waals surface area contributed by atoms with Gasteiger partial charge in [-0.3, -0.25) is 9.69 Å². The third kappa shape index (κ3) is 2.90. The predicted octanol–water partition coefficient (Wildman–Crippen LogP) is 2.78. The number of hydrogen-bond acceptors (Lipinski definition) is 5. The van der Waals surface area contributed by atoms with Crippen LogP contribution in [-0.4, -0.2) is 27.0 Å². The van der Waals surface area contributed by atoms with Crippen LogP contribution in [0.2, 0.25) is 0 Å². The molecule has 1 aromatic heterocycles. The lowest BCUT2D eigenvalue weighted by molar-refractivity contribution is -0.131. The monoisotopic (exact) mass is 342 g/mol. The number of rotatable bonds is 4. The minimum absolute atomic E-state index is 0.0369. The average molecular weight is 342 g/mol. The predicted molar refractivity (Wildman–Crippen MR) is 90.7 cm³/mol. The fourth-order valence-electron chi connectivity index (χ4n) is 2.79. The minimum atomic E-state index is -1.10. The van der Waals surface area contributed by atoms with Crippen molar-refractivity contribution in [3.63, 3.8) is 0 Å². The number of aromatic nitrogens is 2. The summed E-state index contributed by atoms with van der Waals surface area (Å²) in [6, 6.07) is 5.29. The van der Waals surface area contributed by atoms with Crippen molar-refractivity contribution in [2.45, 2.75) is 52.6 Å². The summed E-state index contributed by atoms with van der Waals surface area (Å²) in [5, 5.41) is 6.66. The Labute approximate surface area is 146 Å². The second-order valence-electron chi connectivity index (χ2n) is 6.95. The van der Waals surface area contributed by atoms with Crippen molar-refractivity contribution in [2.24, 2.45) is 0 Å². The normalized spacial score (nSPS) is 20.5. The highest BCUT2D eigenvalue weighted by Gasteiger charge is 2.49. The van der Waals surface area contributed by atoms with Gasteiger partial charge < -0.3 is 9.84 Å². The van der Waals surface area contributed by atoms with Crippen LogP contribution in [0.4, 0.5) is 4.79 Å². The number of carbonyl (C=O) groups excluding carboxylic acids is 2. The first-order valence-electron chi connectivity index (χ1n) is 8.26. The Hall–Kier alpha value is -2.70. The molecule has 1 aliphatic heterocycles. The van der Waals surface area contributed by atoms with E-state index >= 15 is 0 Å². The van der Waals surface area contributed by atoms with Crippen molar-refractivity contribution in [1.82, 2.24) is 20.4 Å². The van der Waals surface area contributed by atoms with Crippen molar-refractivity contribution >= 4 is 11.9 Å². The SMILES string of the molecule is Cc1ccc(C2(C)NC(=O)N(Cc3nc(C(C)C)no3)C2=O)cc1C. The fraction of sp³-hybridized carbons (Fsp3) is 0.444. The molecule has 0 spiro atoms. The lowest BCUT2D eigenvalue weighted by Crippen LogP contribution is -2.40. The molecule has 0 aliphatic carbocycles. The second kappa shape index (κ2) is 5.98.